The van der Waals surface area contributed by atoms with Crippen molar-refractivity contribution in [3.8, 4) is 6.07 Å². The van der Waals surface area contributed by atoms with Gasteiger partial charge in [0.2, 0.25) is 0 Å². The maximum absolute atomic E-state index is 13.3. The largest absolute Gasteiger partial charge is 0.341 e. The Hall–Kier alpha value is -2.34. The number of nitrogens with zero attached hydrogens (tertiary/aromatic N) is 2. The molecule has 0 radical (unpaired) electrons. The molecule has 18 heavy (non-hydrogen) atoms. The lowest BCUT2D eigenvalue weighted by Gasteiger charge is -2.19. The van der Waals surface area contributed by atoms with Crippen LogP contribution in [0.3, 0.4) is 0 Å². The van der Waals surface area contributed by atoms with Crippen molar-refractivity contribution in [2.24, 2.45) is 0 Å². The van der Waals surface area contributed by atoms with Crippen LogP contribution < -0.4 is 4.90 Å². The van der Waals surface area contributed by atoms with Gasteiger partial charge >= 0.3 is 0 Å². The Bertz CT molecular complexity index is 643. The van der Waals surface area contributed by atoms with E-state index in [0.717, 1.165) is 29.9 Å². The van der Waals surface area contributed by atoms with Crippen molar-refractivity contribution in [1.29, 1.82) is 5.26 Å². The van der Waals surface area contributed by atoms with Crippen LogP contribution in [-0.4, -0.2) is 6.54 Å². The molecule has 0 saturated carbocycles. The van der Waals surface area contributed by atoms with E-state index >= 15 is 0 Å². The van der Waals surface area contributed by atoms with Gasteiger partial charge < -0.3 is 4.90 Å². The van der Waals surface area contributed by atoms with E-state index in [1.807, 2.05) is 24.3 Å². The lowest BCUT2D eigenvalue weighted by molar-refractivity contribution is 0.628. The molecule has 1 aliphatic heterocycles. The molecule has 3 heteroatoms. The van der Waals surface area contributed by atoms with Gasteiger partial charge in [-0.3, -0.25) is 0 Å². The summed E-state index contributed by atoms with van der Waals surface area (Å²) < 4.78 is 13.3. The molecule has 0 saturated heterocycles. The van der Waals surface area contributed by atoms with Gasteiger partial charge in [0.05, 0.1) is 11.6 Å². The molecule has 88 valence electrons. The van der Waals surface area contributed by atoms with Gasteiger partial charge in [0.15, 0.2) is 0 Å². The summed E-state index contributed by atoms with van der Waals surface area (Å²) in [6.07, 6.45) is 0.909. The van der Waals surface area contributed by atoms with Gasteiger partial charge in [0, 0.05) is 17.9 Å². The first kappa shape index (κ1) is 10.8. The van der Waals surface area contributed by atoms with E-state index in [9.17, 15) is 4.39 Å². The van der Waals surface area contributed by atoms with Crippen molar-refractivity contribution in [2.75, 3.05) is 11.4 Å². The topological polar surface area (TPSA) is 27.0 Å². The summed E-state index contributed by atoms with van der Waals surface area (Å²) in [5.74, 6) is -0.225. The molecule has 0 fully saturated rings. The van der Waals surface area contributed by atoms with Crippen LogP contribution in [0, 0.1) is 17.1 Å². The summed E-state index contributed by atoms with van der Waals surface area (Å²) in [4.78, 5) is 2.05. The summed E-state index contributed by atoms with van der Waals surface area (Å²) in [6, 6.07) is 14.4. The summed E-state index contributed by atoms with van der Waals surface area (Å²) in [7, 11) is 0. The third-order valence-corrected chi connectivity index (χ3v) is 3.23. The van der Waals surface area contributed by atoms with E-state index in [0.29, 0.717) is 5.56 Å². The highest BCUT2D eigenvalue weighted by molar-refractivity contribution is 5.70. The Kier molecular flexibility index (Phi) is 2.49. The molecule has 0 unspecified atom stereocenters. The molecular weight excluding hydrogens is 227 g/mol. The zero-order chi connectivity index (χ0) is 12.5. The fourth-order valence-corrected chi connectivity index (χ4v) is 2.36. The second kappa shape index (κ2) is 4.15. The van der Waals surface area contributed by atoms with E-state index in [2.05, 4.69) is 11.0 Å². The first-order valence-electron chi connectivity index (χ1n) is 5.84. The standard InChI is InChI=1S/C15H11FN2/c16-13-5-4-12-6-7-18(15(12)9-13)14-3-1-2-11(8-14)10-17/h1-5,8-9H,6-7H2. The highest BCUT2D eigenvalue weighted by atomic mass is 19.1. The quantitative estimate of drug-likeness (QED) is 0.761. The normalized spacial score (nSPS) is 13.2. The van der Waals surface area contributed by atoms with E-state index in [4.69, 9.17) is 5.26 Å². The SMILES string of the molecule is N#Cc1cccc(N2CCc3ccc(F)cc32)c1. The molecule has 0 aliphatic carbocycles. The molecular formula is C15H11FN2. The van der Waals surface area contributed by atoms with Crippen molar-refractivity contribution in [2.45, 2.75) is 6.42 Å². The Balaban J connectivity index is 2.06. The Labute approximate surface area is 105 Å². The number of benzene rings is 2. The molecule has 0 bridgehead atoms. The molecule has 2 aromatic rings. The highest BCUT2D eigenvalue weighted by Gasteiger charge is 2.20. The van der Waals surface area contributed by atoms with Gasteiger partial charge in [-0.1, -0.05) is 12.1 Å². The zero-order valence-electron chi connectivity index (χ0n) is 9.73. The third-order valence-electron chi connectivity index (χ3n) is 3.23. The fraction of sp³-hybridized carbons (Fsp3) is 0.133. The second-order valence-electron chi connectivity index (χ2n) is 4.34. The number of rotatable bonds is 1. The highest BCUT2D eigenvalue weighted by Crippen LogP contribution is 2.35. The first-order valence-corrected chi connectivity index (χ1v) is 5.84. The van der Waals surface area contributed by atoms with Crippen LogP contribution in [0.2, 0.25) is 0 Å². The van der Waals surface area contributed by atoms with Gasteiger partial charge in [0.1, 0.15) is 5.82 Å². The van der Waals surface area contributed by atoms with Crippen molar-refractivity contribution < 1.29 is 4.39 Å². The zero-order valence-corrected chi connectivity index (χ0v) is 9.73. The Morgan fingerprint density at radius 3 is 2.89 bits per heavy atom. The van der Waals surface area contributed by atoms with Gasteiger partial charge in [-0.05, 0) is 42.3 Å². The van der Waals surface area contributed by atoms with Gasteiger partial charge in [0.25, 0.3) is 0 Å². The predicted molar refractivity (Wildman–Crippen MR) is 68.3 cm³/mol. The van der Waals surface area contributed by atoms with Crippen molar-refractivity contribution in [3.05, 3.63) is 59.4 Å². The van der Waals surface area contributed by atoms with Crippen LogP contribution in [0.25, 0.3) is 0 Å². The number of halogens is 1. The predicted octanol–water partition coefficient (Wildman–Crippen LogP) is 3.39. The van der Waals surface area contributed by atoms with Gasteiger partial charge in [-0.25, -0.2) is 4.39 Å². The van der Waals surface area contributed by atoms with Gasteiger partial charge in [-0.2, -0.15) is 5.26 Å². The monoisotopic (exact) mass is 238 g/mol. The summed E-state index contributed by atoms with van der Waals surface area (Å²) >= 11 is 0. The minimum absolute atomic E-state index is 0.225. The Morgan fingerprint density at radius 1 is 1.17 bits per heavy atom. The lowest BCUT2D eigenvalue weighted by atomic mass is 10.1. The number of hydrogen-bond acceptors (Lipinski definition) is 2. The molecule has 0 amide bonds. The van der Waals surface area contributed by atoms with Crippen molar-refractivity contribution in [3.63, 3.8) is 0 Å². The molecule has 1 heterocycles. The molecule has 0 aromatic heterocycles. The minimum atomic E-state index is -0.225. The van der Waals surface area contributed by atoms with Crippen LogP contribution in [0.15, 0.2) is 42.5 Å². The van der Waals surface area contributed by atoms with E-state index in [-0.39, 0.29) is 5.82 Å². The number of nitriles is 1. The lowest BCUT2D eigenvalue weighted by Crippen LogP contribution is -2.13. The van der Waals surface area contributed by atoms with Crippen LogP contribution in [0.5, 0.6) is 0 Å². The first-order chi connectivity index (χ1) is 8.78. The minimum Gasteiger partial charge on any atom is -0.341 e. The van der Waals surface area contributed by atoms with E-state index < -0.39 is 0 Å². The van der Waals surface area contributed by atoms with Crippen LogP contribution in [0.1, 0.15) is 11.1 Å². The Morgan fingerprint density at radius 2 is 2.06 bits per heavy atom. The average molecular weight is 238 g/mol. The number of hydrogen-bond donors (Lipinski definition) is 0. The molecule has 2 nitrogen and oxygen atoms in total. The van der Waals surface area contributed by atoms with Crippen LogP contribution in [-0.2, 0) is 6.42 Å². The molecule has 1 aliphatic rings. The molecule has 3 rings (SSSR count). The fourth-order valence-electron chi connectivity index (χ4n) is 2.36. The third kappa shape index (κ3) is 1.72. The molecule has 0 atom stereocenters. The van der Waals surface area contributed by atoms with Crippen molar-refractivity contribution >= 4 is 11.4 Å². The maximum Gasteiger partial charge on any atom is 0.125 e. The second-order valence-corrected chi connectivity index (χ2v) is 4.34. The van der Waals surface area contributed by atoms with E-state index in [1.54, 1.807) is 12.1 Å². The summed E-state index contributed by atoms with van der Waals surface area (Å²) in [6.45, 7) is 0.827. The smallest absolute Gasteiger partial charge is 0.125 e. The summed E-state index contributed by atoms with van der Waals surface area (Å²) in [5, 5.41) is 8.92. The van der Waals surface area contributed by atoms with Crippen molar-refractivity contribution in [1.82, 2.24) is 0 Å². The molecule has 0 N–H and O–H groups in total. The molecule has 0 spiro atoms. The van der Waals surface area contributed by atoms with Crippen LogP contribution in [0.4, 0.5) is 15.8 Å². The number of anilines is 2. The van der Waals surface area contributed by atoms with E-state index in [1.165, 1.54) is 6.07 Å². The van der Waals surface area contributed by atoms with Gasteiger partial charge in [-0.15, -0.1) is 0 Å². The average Bonchev–Trinajstić information content (AvgIpc) is 2.81. The maximum atomic E-state index is 13.3. The number of fused-ring (bicyclic) bond motifs is 1. The summed E-state index contributed by atoms with van der Waals surface area (Å²) in [5.41, 5.74) is 3.62. The molecule has 2 aromatic carbocycles. The van der Waals surface area contributed by atoms with Crippen LogP contribution >= 0.6 is 0 Å².